The first-order valence-corrected chi connectivity index (χ1v) is 5.54. The van der Waals surface area contributed by atoms with Crippen molar-refractivity contribution in [2.75, 3.05) is 0 Å². The Balaban J connectivity index is -0.0000000353. The van der Waals surface area contributed by atoms with Crippen molar-refractivity contribution < 1.29 is 49.5 Å². The second kappa shape index (κ2) is 36.2. The summed E-state index contributed by atoms with van der Waals surface area (Å²) in [5.41, 5.74) is 0. The zero-order valence-corrected chi connectivity index (χ0v) is 13.6. The molecular formula is C12H21O10-5. The van der Waals surface area contributed by atoms with Gasteiger partial charge in [0.15, 0.2) is 0 Å². The molecule has 0 bridgehead atoms. The van der Waals surface area contributed by atoms with Gasteiger partial charge in [-0.2, -0.15) is 0 Å². The first-order valence-electron chi connectivity index (χ1n) is 5.54. The summed E-state index contributed by atoms with van der Waals surface area (Å²) in [6.45, 7) is 8.86. The highest BCUT2D eigenvalue weighted by Gasteiger charge is 1.47. The number of carbonyl (C=O) groups excluding carboxylic acids is 5. The van der Waals surface area contributed by atoms with Crippen LogP contribution in [0.3, 0.4) is 0 Å². The fourth-order valence-corrected chi connectivity index (χ4v) is 0. The van der Waals surface area contributed by atoms with Crippen LogP contribution in [-0.4, -0.2) is 29.8 Å². The largest absolute Gasteiger partial charge is 0.550 e. The van der Waals surface area contributed by atoms with Crippen molar-refractivity contribution in [2.45, 2.75) is 48.5 Å². The summed E-state index contributed by atoms with van der Waals surface area (Å²) in [6.07, 6.45) is 0. The number of aliphatic carboxylic acids is 5. The van der Waals surface area contributed by atoms with E-state index in [1.165, 1.54) is 0 Å². The molecule has 0 heterocycles. The Kier molecular flexibility index (Phi) is 60.2. The Morgan fingerprint density at radius 3 is 0.409 bits per heavy atom. The normalized spacial score (nSPS) is 5.95. The first-order chi connectivity index (χ1) is 9.66. The van der Waals surface area contributed by atoms with Crippen LogP contribution in [0.2, 0.25) is 0 Å². The number of carbonyl (C=O) groups is 5. The van der Waals surface area contributed by atoms with Crippen LogP contribution in [0, 0.1) is 0 Å². The molecule has 0 radical (unpaired) electrons. The van der Waals surface area contributed by atoms with Crippen LogP contribution < -0.4 is 25.5 Å². The molecular weight excluding hydrogens is 304 g/mol. The molecule has 0 aromatic carbocycles. The van der Waals surface area contributed by atoms with Crippen LogP contribution in [0.25, 0.3) is 0 Å². The lowest BCUT2D eigenvalue weighted by Crippen LogP contribution is -2.16. The van der Waals surface area contributed by atoms with E-state index in [-0.39, 0.29) is 0 Å². The zero-order valence-electron chi connectivity index (χ0n) is 13.6. The third-order valence-corrected chi connectivity index (χ3v) is 0. The summed E-state index contributed by atoms with van der Waals surface area (Å²) in [7, 11) is 0. The van der Waals surface area contributed by atoms with E-state index in [0.29, 0.717) is 0 Å². The van der Waals surface area contributed by atoms with Gasteiger partial charge in [-0.25, -0.2) is 0 Å². The van der Waals surface area contributed by atoms with Gasteiger partial charge in [-0.1, -0.05) is 13.8 Å². The van der Waals surface area contributed by atoms with Crippen molar-refractivity contribution in [1.29, 1.82) is 0 Å². The van der Waals surface area contributed by atoms with Crippen molar-refractivity contribution >= 4 is 29.8 Å². The number of hydrogen-bond donors (Lipinski definition) is 0. The van der Waals surface area contributed by atoms with Crippen LogP contribution in [0.5, 0.6) is 0 Å². The summed E-state index contributed by atoms with van der Waals surface area (Å²) in [5.74, 6) is -5.42. The highest BCUT2D eigenvalue weighted by molar-refractivity contribution is 5.61. The summed E-state index contributed by atoms with van der Waals surface area (Å²) in [4.78, 5) is 44.4. The average Bonchev–Trinajstić information content (AvgIpc) is 2.14. The molecule has 10 heteroatoms. The molecule has 0 aliphatic rings. The van der Waals surface area contributed by atoms with E-state index in [2.05, 4.69) is 0 Å². The van der Waals surface area contributed by atoms with E-state index in [9.17, 15) is 0 Å². The van der Waals surface area contributed by atoms with E-state index in [1.54, 1.807) is 0 Å². The maximum Gasteiger partial charge on any atom is 0.0383 e. The predicted molar refractivity (Wildman–Crippen MR) is 64.8 cm³/mol. The van der Waals surface area contributed by atoms with Gasteiger partial charge in [0.05, 0.1) is 0 Å². The Hall–Kier alpha value is -2.65. The quantitative estimate of drug-likeness (QED) is 0.414. The number of carboxylic acid groups (broad SMARTS) is 5. The standard InChI is InChI=1S/5C2H4O2.C2H6/c5*1-2(3)4;1-2/h5*1H3,(H,3,4);1-2H3/p-5. The summed E-state index contributed by atoms with van der Waals surface area (Å²) in [6, 6.07) is 0. The molecule has 0 saturated heterocycles. The molecule has 10 nitrogen and oxygen atoms in total. The maximum absolute atomic E-state index is 8.89. The van der Waals surface area contributed by atoms with Crippen LogP contribution in [0.1, 0.15) is 48.5 Å². The van der Waals surface area contributed by atoms with Crippen molar-refractivity contribution in [2.24, 2.45) is 0 Å². The molecule has 0 aromatic rings. The smallest absolute Gasteiger partial charge is 0.0383 e. The predicted octanol–water partition coefficient (Wildman–Crippen LogP) is -5.19. The lowest BCUT2D eigenvalue weighted by Gasteiger charge is -1.77. The molecule has 0 aliphatic carbocycles. The molecule has 0 unspecified atom stereocenters. The minimum atomic E-state index is -1.08. The highest BCUT2D eigenvalue weighted by Crippen LogP contribution is 1.32. The average molecular weight is 325 g/mol. The van der Waals surface area contributed by atoms with Crippen LogP contribution in [0.4, 0.5) is 0 Å². The Morgan fingerprint density at radius 1 is 0.409 bits per heavy atom. The Morgan fingerprint density at radius 2 is 0.409 bits per heavy atom. The van der Waals surface area contributed by atoms with E-state index >= 15 is 0 Å². The Bertz CT molecular complexity index is 207. The van der Waals surface area contributed by atoms with Gasteiger partial charge < -0.3 is 49.5 Å². The van der Waals surface area contributed by atoms with Gasteiger partial charge in [-0.3, -0.25) is 0 Å². The second-order valence-corrected chi connectivity index (χ2v) is 2.46. The van der Waals surface area contributed by atoms with Gasteiger partial charge in [0.25, 0.3) is 0 Å². The molecule has 0 saturated carbocycles. The van der Waals surface area contributed by atoms with Crippen molar-refractivity contribution in [1.82, 2.24) is 0 Å². The lowest BCUT2D eigenvalue weighted by atomic mass is 10.9. The molecule has 0 amide bonds. The van der Waals surface area contributed by atoms with E-state index in [4.69, 9.17) is 49.5 Å². The summed E-state index contributed by atoms with van der Waals surface area (Å²) < 4.78 is 0. The third-order valence-electron chi connectivity index (χ3n) is 0. The number of hydrogen-bond acceptors (Lipinski definition) is 10. The van der Waals surface area contributed by atoms with Crippen molar-refractivity contribution in [3.05, 3.63) is 0 Å². The van der Waals surface area contributed by atoms with E-state index in [0.717, 1.165) is 34.6 Å². The fraction of sp³-hybridized carbons (Fsp3) is 0.583. The minimum Gasteiger partial charge on any atom is -0.550 e. The van der Waals surface area contributed by atoms with Gasteiger partial charge >= 0.3 is 0 Å². The van der Waals surface area contributed by atoms with Crippen LogP contribution in [-0.2, 0) is 24.0 Å². The summed E-state index contributed by atoms with van der Waals surface area (Å²) in [5, 5.41) is 44.4. The van der Waals surface area contributed by atoms with Gasteiger partial charge in [-0.05, 0) is 34.6 Å². The molecule has 0 fully saturated rings. The van der Waals surface area contributed by atoms with Crippen molar-refractivity contribution in [3.8, 4) is 0 Å². The van der Waals surface area contributed by atoms with Gasteiger partial charge in [0, 0.05) is 29.8 Å². The number of carboxylic acids is 5. The third kappa shape index (κ3) is 660. The molecule has 22 heavy (non-hydrogen) atoms. The van der Waals surface area contributed by atoms with E-state index in [1.807, 2.05) is 13.8 Å². The number of rotatable bonds is 0. The lowest BCUT2D eigenvalue weighted by molar-refractivity contribution is -0.303. The molecule has 0 aromatic heterocycles. The Labute approximate surface area is 129 Å². The minimum absolute atomic E-state index is 0.972. The van der Waals surface area contributed by atoms with Gasteiger partial charge in [0.2, 0.25) is 0 Å². The monoisotopic (exact) mass is 325 g/mol. The van der Waals surface area contributed by atoms with E-state index < -0.39 is 29.8 Å². The zero-order chi connectivity index (χ0) is 19.9. The molecule has 0 rings (SSSR count). The van der Waals surface area contributed by atoms with Crippen molar-refractivity contribution in [3.63, 3.8) is 0 Å². The van der Waals surface area contributed by atoms with Crippen LogP contribution >= 0.6 is 0 Å². The van der Waals surface area contributed by atoms with Gasteiger partial charge in [0.1, 0.15) is 0 Å². The fourth-order valence-electron chi connectivity index (χ4n) is 0. The molecule has 0 spiro atoms. The molecule has 0 N–H and O–H groups in total. The summed E-state index contributed by atoms with van der Waals surface area (Å²) >= 11 is 0. The molecule has 134 valence electrons. The second-order valence-electron chi connectivity index (χ2n) is 2.46. The maximum atomic E-state index is 8.89. The topological polar surface area (TPSA) is 201 Å². The van der Waals surface area contributed by atoms with Crippen LogP contribution in [0.15, 0.2) is 0 Å². The highest BCUT2D eigenvalue weighted by atomic mass is 16.4. The first kappa shape index (κ1) is 36.6. The molecule has 0 aliphatic heterocycles. The van der Waals surface area contributed by atoms with Gasteiger partial charge in [-0.15, -0.1) is 0 Å². The SMILES string of the molecule is CC.CC(=O)[O-].CC(=O)[O-].CC(=O)[O-].CC(=O)[O-].CC(=O)[O-]. The molecule has 0 atom stereocenters.